The van der Waals surface area contributed by atoms with Gasteiger partial charge in [-0.1, -0.05) is 6.92 Å². The Morgan fingerprint density at radius 1 is 1.14 bits per heavy atom. The molecule has 0 bridgehead atoms. The molecule has 112 valence electrons. The van der Waals surface area contributed by atoms with Crippen molar-refractivity contribution in [2.45, 2.75) is 33.2 Å². The van der Waals surface area contributed by atoms with Crippen LogP contribution >= 0.6 is 0 Å². The number of nitrogens with one attached hydrogen (secondary N) is 1. The van der Waals surface area contributed by atoms with E-state index in [0.29, 0.717) is 0 Å². The van der Waals surface area contributed by atoms with Crippen molar-refractivity contribution in [1.29, 1.82) is 0 Å². The highest BCUT2D eigenvalue weighted by molar-refractivity contribution is 5.51. The molecule has 0 aliphatic rings. The van der Waals surface area contributed by atoms with Crippen LogP contribution in [-0.2, 0) is 0 Å². The lowest BCUT2D eigenvalue weighted by Gasteiger charge is -2.21. The first kappa shape index (κ1) is 15.2. The lowest BCUT2D eigenvalue weighted by atomic mass is 10.1. The molecule has 0 saturated heterocycles. The molecule has 1 atom stereocenters. The van der Waals surface area contributed by atoms with Gasteiger partial charge in [0.1, 0.15) is 5.82 Å². The molecule has 0 fully saturated rings. The van der Waals surface area contributed by atoms with Crippen LogP contribution < -0.4 is 10.2 Å². The first-order valence-electron chi connectivity index (χ1n) is 7.22. The number of pyridine rings is 1. The Balaban J connectivity index is 2.33. The number of aromatic nitrogens is 3. The standard InChI is InChI=1S/C16H23N5/c1-6-14(13-7-9-17-10-8-13)19-15-11(2)12(3)18-16(20-15)21(4)5/h7-10,14H,6H2,1-5H3,(H,18,19,20). The molecule has 2 rings (SSSR count). The third-order valence-corrected chi connectivity index (χ3v) is 3.61. The number of anilines is 2. The van der Waals surface area contributed by atoms with Gasteiger partial charge in [0.2, 0.25) is 5.95 Å². The molecule has 2 aromatic rings. The quantitative estimate of drug-likeness (QED) is 0.914. The second-order valence-electron chi connectivity index (χ2n) is 5.36. The molecule has 0 aromatic carbocycles. The van der Waals surface area contributed by atoms with Gasteiger partial charge in [-0.25, -0.2) is 4.98 Å². The molecule has 5 nitrogen and oxygen atoms in total. The van der Waals surface area contributed by atoms with Crippen LogP contribution in [0.15, 0.2) is 24.5 Å². The zero-order valence-electron chi connectivity index (χ0n) is 13.4. The fourth-order valence-electron chi connectivity index (χ4n) is 2.14. The number of nitrogens with zero attached hydrogens (tertiary/aromatic N) is 4. The predicted octanol–water partition coefficient (Wildman–Crippen LogP) is 3.12. The zero-order chi connectivity index (χ0) is 15.4. The lowest BCUT2D eigenvalue weighted by Crippen LogP contribution is -2.18. The summed E-state index contributed by atoms with van der Waals surface area (Å²) in [5.41, 5.74) is 3.31. The molecular weight excluding hydrogens is 262 g/mol. The summed E-state index contributed by atoms with van der Waals surface area (Å²) < 4.78 is 0. The molecule has 0 aliphatic heterocycles. The minimum Gasteiger partial charge on any atom is -0.363 e. The van der Waals surface area contributed by atoms with E-state index in [0.717, 1.165) is 29.4 Å². The fourth-order valence-corrected chi connectivity index (χ4v) is 2.14. The molecular formula is C16H23N5. The van der Waals surface area contributed by atoms with E-state index in [1.54, 1.807) is 0 Å². The van der Waals surface area contributed by atoms with Crippen molar-refractivity contribution < 1.29 is 0 Å². The Labute approximate surface area is 126 Å². The van der Waals surface area contributed by atoms with E-state index >= 15 is 0 Å². The zero-order valence-corrected chi connectivity index (χ0v) is 13.4. The molecule has 1 N–H and O–H groups in total. The second-order valence-corrected chi connectivity index (χ2v) is 5.36. The van der Waals surface area contributed by atoms with Crippen LogP contribution in [0.3, 0.4) is 0 Å². The van der Waals surface area contributed by atoms with Crippen LogP contribution in [0.25, 0.3) is 0 Å². The Morgan fingerprint density at radius 3 is 2.38 bits per heavy atom. The number of aryl methyl sites for hydroxylation is 1. The van der Waals surface area contributed by atoms with Crippen molar-refractivity contribution in [3.63, 3.8) is 0 Å². The molecule has 2 aromatic heterocycles. The van der Waals surface area contributed by atoms with Crippen molar-refractivity contribution in [2.24, 2.45) is 0 Å². The van der Waals surface area contributed by atoms with Crippen molar-refractivity contribution in [3.8, 4) is 0 Å². The first-order chi connectivity index (χ1) is 10.0. The van der Waals surface area contributed by atoms with Gasteiger partial charge in [0.15, 0.2) is 0 Å². The number of hydrogen-bond donors (Lipinski definition) is 1. The van der Waals surface area contributed by atoms with E-state index in [4.69, 9.17) is 0 Å². The summed E-state index contributed by atoms with van der Waals surface area (Å²) in [7, 11) is 3.90. The van der Waals surface area contributed by atoms with Crippen LogP contribution in [0.2, 0.25) is 0 Å². The van der Waals surface area contributed by atoms with Crippen molar-refractivity contribution in [2.75, 3.05) is 24.3 Å². The Morgan fingerprint density at radius 2 is 1.81 bits per heavy atom. The normalized spacial score (nSPS) is 12.0. The van der Waals surface area contributed by atoms with Gasteiger partial charge in [-0.15, -0.1) is 0 Å². The van der Waals surface area contributed by atoms with Crippen LogP contribution in [0.4, 0.5) is 11.8 Å². The second kappa shape index (κ2) is 6.52. The van der Waals surface area contributed by atoms with Crippen LogP contribution in [0, 0.1) is 13.8 Å². The SMILES string of the molecule is CCC(Nc1nc(N(C)C)nc(C)c1C)c1ccncc1. The number of rotatable bonds is 5. The van der Waals surface area contributed by atoms with Gasteiger partial charge >= 0.3 is 0 Å². The monoisotopic (exact) mass is 285 g/mol. The van der Waals surface area contributed by atoms with Gasteiger partial charge in [0.05, 0.1) is 6.04 Å². The molecule has 2 heterocycles. The van der Waals surface area contributed by atoms with Gasteiger partial charge in [0, 0.05) is 37.7 Å². The van der Waals surface area contributed by atoms with E-state index in [-0.39, 0.29) is 6.04 Å². The fraction of sp³-hybridized carbons (Fsp3) is 0.438. The van der Waals surface area contributed by atoms with Gasteiger partial charge in [-0.2, -0.15) is 4.98 Å². The highest BCUT2D eigenvalue weighted by Crippen LogP contribution is 2.25. The molecule has 0 spiro atoms. The van der Waals surface area contributed by atoms with E-state index in [2.05, 4.69) is 34.1 Å². The topological polar surface area (TPSA) is 53.9 Å². The van der Waals surface area contributed by atoms with Gasteiger partial charge in [-0.3, -0.25) is 4.98 Å². The summed E-state index contributed by atoms with van der Waals surface area (Å²) >= 11 is 0. The molecule has 0 aliphatic carbocycles. The van der Waals surface area contributed by atoms with E-state index in [9.17, 15) is 0 Å². The maximum Gasteiger partial charge on any atom is 0.227 e. The van der Waals surface area contributed by atoms with Crippen molar-refractivity contribution >= 4 is 11.8 Å². The highest BCUT2D eigenvalue weighted by atomic mass is 15.2. The Kier molecular flexibility index (Phi) is 4.73. The van der Waals surface area contributed by atoms with E-state index in [1.165, 1.54) is 5.56 Å². The van der Waals surface area contributed by atoms with E-state index in [1.807, 2.05) is 50.4 Å². The third-order valence-electron chi connectivity index (χ3n) is 3.61. The molecule has 1 unspecified atom stereocenters. The third kappa shape index (κ3) is 3.48. The maximum absolute atomic E-state index is 4.63. The number of hydrogen-bond acceptors (Lipinski definition) is 5. The van der Waals surface area contributed by atoms with Gasteiger partial charge in [-0.05, 0) is 38.0 Å². The summed E-state index contributed by atoms with van der Waals surface area (Å²) in [6, 6.07) is 4.30. The molecule has 5 heteroatoms. The summed E-state index contributed by atoms with van der Waals surface area (Å²) in [5.74, 6) is 1.63. The molecule has 0 radical (unpaired) electrons. The summed E-state index contributed by atoms with van der Waals surface area (Å²) in [5, 5.41) is 3.54. The molecule has 0 saturated carbocycles. The van der Waals surface area contributed by atoms with Crippen LogP contribution in [-0.4, -0.2) is 29.0 Å². The Bertz CT molecular complexity index is 595. The lowest BCUT2D eigenvalue weighted by molar-refractivity contribution is 0.739. The minimum atomic E-state index is 0.219. The average Bonchev–Trinajstić information content (AvgIpc) is 2.49. The summed E-state index contributed by atoms with van der Waals surface area (Å²) in [6.07, 6.45) is 4.62. The first-order valence-corrected chi connectivity index (χ1v) is 7.22. The molecule has 21 heavy (non-hydrogen) atoms. The van der Waals surface area contributed by atoms with E-state index < -0.39 is 0 Å². The Hall–Kier alpha value is -2.17. The van der Waals surface area contributed by atoms with Gasteiger partial charge < -0.3 is 10.2 Å². The summed E-state index contributed by atoms with van der Waals surface area (Å²) in [6.45, 7) is 6.23. The van der Waals surface area contributed by atoms with Crippen molar-refractivity contribution in [3.05, 3.63) is 41.3 Å². The van der Waals surface area contributed by atoms with Crippen LogP contribution in [0.1, 0.15) is 36.2 Å². The highest BCUT2D eigenvalue weighted by Gasteiger charge is 2.14. The largest absolute Gasteiger partial charge is 0.363 e. The maximum atomic E-state index is 4.63. The average molecular weight is 285 g/mol. The minimum absolute atomic E-state index is 0.219. The molecule has 0 amide bonds. The predicted molar refractivity (Wildman–Crippen MR) is 86.7 cm³/mol. The van der Waals surface area contributed by atoms with Crippen molar-refractivity contribution in [1.82, 2.24) is 15.0 Å². The van der Waals surface area contributed by atoms with Gasteiger partial charge in [0.25, 0.3) is 0 Å². The summed E-state index contributed by atoms with van der Waals surface area (Å²) in [4.78, 5) is 15.1. The van der Waals surface area contributed by atoms with Crippen LogP contribution in [0.5, 0.6) is 0 Å². The smallest absolute Gasteiger partial charge is 0.227 e.